The van der Waals surface area contributed by atoms with Crippen LogP contribution in [0.25, 0.3) is 0 Å². The fourth-order valence-corrected chi connectivity index (χ4v) is 34.6. The maximum atomic E-state index is 2.46. The second-order valence-electron chi connectivity index (χ2n) is 8.94. The third-order valence-corrected chi connectivity index (χ3v) is 30.1. The van der Waals surface area contributed by atoms with Gasteiger partial charge in [-0.3, -0.25) is 0 Å². The van der Waals surface area contributed by atoms with Gasteiger partial charge in [-0.1, -0.05) is 141 Å². The first-order valence-corrected chi connectivity index (χ1v) is 20.6. The Labute approximate surface area is 216 Å². The molecular formula is C31H34P4. The first-order valence-electron chi connectivity index (χ1n) is 12.8. The first-order chi connectivity index (χ1) is 17.4. The zero-order valence-electron chi connectivity index (χ0n) is 20.3. The van der Waals surface area contributed by atoms with Gasteiger partial charge in [0.2, 0.25) is 0 Å². The van der Waals surface area contributed by atoms with E-state index in [1.807, 2.05) is 0 Å². The van der Waals surface area contributed by atoms with Crippen molar-refractivity contribution in [3.63, 3.8) is 0 Å². The molecule has 1 saturated heterocycles. The van der Waals surface area contributed by atoms with Gasteiger partial charge in [-0.25, -0.2) is 0 Å². The molecule has 4 atom stereocenters. The van der Waals surface area contributed by atoms with Crippen LogP contribution in [0.2, 0.25) is 0 Å². The summed E-state index contributed by atoms with van der Waals surface area (Å²) >= 11 is 0. The summed E-state index contributed by atoms with van der Waals surface area (Å²) in [5.74, 6) is 0. The lowest BCUT2D eigenvalue weighted by Crippen LogP contribution is -2.13. The van der Waals surface area contributed by atoms with E-state index in [4.69, 9.17) is 0 Å². The number of hydrogen-bond acceptors (Lipinski definition) is 0. The minimum absolute atomic E-state index is 0.261. The Balaban J connectivity index is 1.73. The van der Waals surface area contributed by atoms with Crippen molar-refractivity contribution in [3.8, 4) is 0 Å². The summed E-state index contributed by atoms with van der Waals surface area (Å²) in [5, 5.41) is 6.47. The van der Waals surface area contributed by atoms with Gasteiger partial charge in [-0.2, -0.15) is 0 Å². The molecule has 0 spiro atoms. The van der Waals surface area contributed by atoms with E-state index < -0.39 is 0 Å². The minimum Gasteiger partial charge on any atom is -0.0622 e. The predicted octanol–water partition coefficient (Wildman–Crippen LogP) is 8.93. The minimum atomic E-state index is -0.335. The largest absolute Gasteiger partial charge is 0.0622 e. The van der Waals surface area contributed by atoms with Crippen molar-refractivity contribution in [2.24, 2.45) is 0 Å². The monoisotopic (exact) mass is 530 g/mol. The Morgan fingerprint density at radius 2 is 0.600 bits per heavy atom. The molecule has 0 aliphatic carbocycles. The van der Waals surface area contributed by atoms with Crippen molar-refractivity contribution in [1.82, 2.24) is 0 Å². The lowest BCUT2D eigenvalue weighted by molar-refractivity contribution is 0.661. The van der Waals surface area contributed by atoms with Gasteiger partial charge < -0.3 is 0 Å². The molecule has 0 amide bonds. The fourth-order valence-electron chi connectivity index (χ4n) is 4.74. The number of benzene rings is 4. The van der Waals surface area contributed by atoms with Gasteiger partial charge in [0.05, 0.1) is 0 Å². The molecular weight excluding hydrogens is 496 g/mol. The van der Waals surface area contributed by atoms with Crippen LogP contribution in [0, 0.1) is 0 Å². The molecule has 4 heteroatoms. The highest BCUT2D eigenvalue weighted by Gasteiger charge is 2.37. The standard InChI is InChI=1S/C31H34P4/c1-2-16-26-32(28-18-8-4-9-19-28)34(30-22-12-6-13-23-30)35(31-24-14-7-15-25-31)33(27-17-3-1)29-20-10-5-11-21-29/h4-15,18-25H,1-3,16-17,26-27H2. The van der Waals surface area contributed by atoms with Crippen molar-refractivity contribution in [2.45, 2.75) is 32.1 Å². The summed E-state index contributed by atoms with van der Waals surface area (Å²) in [7, 11) is -1.19. The van der Waals surface area contributed by atoms with Crippen molar-refractivity contribution in [2.75, 3.05) is 12.3 Å². The van der Waals surface area contributed by atoms with Crippen LogP contribution in [0.4, 0.5) is 0 Å². The Kier molecular flexibility index (Phi) is 9.55. The highest BCUT2D eigenvalue weighted by Crippen LogP contribution is 2.94. The van der Waals surface area contributed by atoms with Crippen LogP contribution in [0.5, 0.6) is 0 Å². The zero-order chi connectivity index (χ0) is 23.7. The second-order valence-corrected chi connectivity index (χ2v) is 24.2. The summed E-state index contributed by atoms with van der Waals surface area (Å²) in [4.78, 5) is 0. The normalized spacial score (nSPS) is 23.8. The van der Waals surface area contributed by atoms with E-state index in [9.17, 15) is 0 Å². The fraction of sp³-hybridized carbons (Fsp3) is 0.226. The molecule has 0 nitrogen and oxygen atoms in total. The van der Waals surface area contributed by atoms with Gasteiger partial charge in [-0.05, 0) is 76.2 Å². The topological polar surface area (TPSA) is 0 Å². The average molecular weight is 531 g/mol. The summed E-state index contributed by atoms with van der Waals surface area (Å²) in [6.45, 7) is 0. The Morgan fingerprint density at radius 1 is 0.314 bits per heavy atom. The van der Waals surface area contributed by atoms with Crippen LogP contribution in [0.3, 0.4) is 0 Å². The van der Waals surface area contributed by atoms with Crippen molar-refractivity contribution in [1.29, 1.82) is 0 Å². The summed E-state index contributed by atoms with van der Waals surface area (Å²) in [6, 6.07) is 46.6. The Morgan fingerprint density at radius 3 is 0.943 bits per heavy atom. The molecule has 178 valence electrons. The third-order valence-electron chi connectivity index (χ3n) is 6.46. The van der Waals surface area contributed by atoms with Crippen LogP contribution < -0.4 is 21.2 Å². The molecule has 0 radical (unpaired) electrons. The van der Waals surface area contributed by atoms with Crippen LogP contribution in [-0.2, 0) is 0 Å². The van der Waals surface area contributed by atoms with Gasteiger partial charge in [0.15, 0.2) is 0 Å². The van der Waals surface area contributed by atoms with Crippen LogP contribution in [0.1, 0.15) is 32.1 Å². The maximum Gasteiger partial charge on any atom is -0.0111 e. The molecule has 4 unspecified atom stereocenters. The number of hydrogen-bond donors (Lipinski definition) is 0. The van der Waals surface area contributed by atoms with E-state index in [0.29, 0.717) is 0 Å². The number of rotatable bonds is 4. The van der Waals surface area contributed by atoms with Crippen LogP contribution in [0.15, 0.2) is 121 Å². The predicted molar refractivity (Wildman–Crippen MR) is 165 cm³/mol. The van der Waals surface area contributed by atoms with E-state index in [0.717, 1.165) is 0 Å². The zero-order valence-corrected chi connectivity index (χ0v) is 23.9. The molecule has 0 aromatic heterocycles. The van der Waals surface area contributed by atoms with Crippen molar-refractivity contribution < 1.29 is 0 Å². The van der Waals surface area contributed by atoms with Crippen LogP contribution >= 0.6 is 29.8 Å². The van der Waals surface area contributed by atoms with Crippen molar-refractivity contribution >= 4 is 51.0 Å². The summed E-state index contributed by atoms with van der Waals surface area (Å²) in [5.41, 5.74) is 0. The molecule has 4 aromatic rings. The molecule has 1 fully saturated rings. The van der Waals surface area contributed by atoms with Gasteiger partial charge in [-0.15, -0.1) is 0 Å². The molecule has 0 N–H and O–H groups in total. The molecule has 0 bridgehead atoms. The quantitative estimate of drug-likeness (QED) is 0.231. The third kappa shape index (κ3) is 6.49. The smallest absolute Gasteiger partial charge is 0.0111 e. The lowest BCUT2D eigenvalue weighted by Gasteiger charge is -2.40. The van der Waals surface area contributed by atoms with E-state index in [-0.39, 0.29) is 29.8 Å². The van der Waals surface area contributed by atoms with Crippen molar-refractivity contribution in [3.05, 3.63) is 121 Å². The SMILES string of the molecule is c1ccc(P2CCCCCCCP(c3ccccc3)P(c3ccccc3)P2c2ccccc2)cc1. The maximum absolute atomic E-state index is 2.46. The Hall–Kier alpha value is -1.40. The van der Waals surface area contributed by atoms with Gasteiger partial charge >= 0.3 is 0 Å². The van der Waals surface area contributed by atoms with E-state index in [1.165, 1.54) is 44.4 Å². The summed E-state index contributed by atoms with van der Waals surface area (Å²) in [6.07, 6.45) is 9.63. The van der Waals surface area contributed by atoms with E-state index in [1.54, 1.807) is 21.2 Å². The lowest BCUT2D eigenvalue weighted by atomic mass is 10.2. The molecule has 1 aliphatic heterocycles. The van der Waals surface area contributed by atoms with E-state index >= 15 is 0 Å². The second kappa shape index (κ2) is 13.2. The van der Waals surface area contributed by atoms with Gasteiger partial charge in [0, 0.05) is 0 Å². The highest BCUT2D eigenvalue weighted by atomic mass is 32.7. The summed E-state index contributed by atoms with van der Waals surface area (Å²) < 4.78 is 0. The Bertz CT molecular complexity index is 1040. The average Bonchev–Trinajstić information content (AvgIpc) is 2.98. The molecule has 5 rings (SSSR count). The molecule has 0 saturated carbocycles. The molecule has 1 aliphatic rings. The van der Waals surface area contributed by atoms with Gasteiger partial charge in [0.1, 0.15) is 0 Å². The first kappa shape index (κ1) is 25.3. The highest BCUT2D eigenvalue weighted by molar-refractivity contribution is 8.81. The molecule has 4 aromatic carbocycles. The molecule has 35 heavy (non-hydrogen) atoms. The van der Waals surface area contributed by atoms with Crippen LogP contribution in [-0.4, -0.2) is 12.3 Å². The van der Waals surface area contributed by atoms with E-state index in [2.05, 4.69) is 121 Å². The molecule has 1 heterocycles. The van der Waals surface area contributed by atoms with Gasteiger partial charge in [0.25, 0.3) is 0 Å².